The minimum Gasteiger partial charge on any atom is -0.389 e. The molecule has 3 N–H and O–H groups in total. The van der Waals surface area contributed by atoms with E-state index in [2.05, 4.69) is 15.2 Å². The van der Waals surface area contributed by atoms with E-state index in [0.29, 0.717) is 24.5 Å². The van der Waals surface area contributed by atoms with Gasteiger partial charge < -0.3 is 16.0 Å². The van der Waals surface area contributed by atoms with Gasteiger partial charge in [0.25, 0.3) is 0 Å². The average molecular weight is 264 g/mol. The summed E-state index contributed by atoms with van der Waals surface area (Å²) >= 11 is 4.99. The van der Waals surface area contributed by atoms with Gasteiger partial charge in [-0.3, -0.25) is 4.79 Å². The van der Waals surface area contributed by atoms with E-state index in [0.717, 1.165) is 23.6 Å². The van der Waals surface area contributed by atoms with Gasteiger partial charge >= 0.3 is 0 Å². The van der Waals surface area contributed by atoms with Crippen LogP contribution in [0.4, 0.5) is 5.82 Å². The summed E-state index contributed by atoms with van der Waals surface area (Å²) in [7, 11) is 0. The number of nitrogens with one attached hydrogen (secondary N) is 1. The number of hydrogen-bond donors (Lipinski definition) is 2. The van der Waals surface area contributed by atoms with Crippen LogP contribution in [-0.2, 0) is 4.79 Å². The van der Waals surface area contributed by atoms with Crippen molar-refractivity contribution in [1.82, 2.24) is 10.3 Å². The Morgan fingerprint density at radius 2 is 2.28 bits per heavy atom. The molecule has 96 valence electrons. The van der Waals surface area contributed by atoms with Crippen LogP contribution in [0, 0.1) is 6.92 Å². The highest BCUT2D eigenvalue weighted by Gasteiger charge is 2.15. The number of carbonyl (C=O) groups is 1. The highest BCUT2D eigenvalue weighted by molar-refractivity contribution is 7.80. The molecular weight excluding hydrogens is 248 g/mol. The van der Waals surface area contributed by atoms with Crippen LogP contribution in [0.25, 0.3) is 0 Å². The third-order valence-electron chi connectivity index (χ3n) is 2.86. The summed E-state index contributed by atoms with van der Waals surface area (Å²) in [6.07, 6.45) is 0.484. The number of thiocarbonyl (C=S) groups is 1. The van der Waals surface area contributed by atoms with Crippen LogP contribution in [0.1, 0.15) is 17.7 Å². The van der Waals surface area contributed by atoms with Crippen LogP contribution in [0.5, 0.6) is 0 Å². The standard InChI is InChI=1S/C12H16N4OS/c1-8-6-9(12(13)18)7-10(15-8)16-4-2-11(17)14-3-5-16/h6-7H,2-5H2,1H3,(H2,13,18)(H,14,17). The van der Waals surface area contributed by atoms with Crippen LogP contribution in [0.2, 0.25) is 0 Å². The van der Waals surface area contributed by atoms with Crippen LogP contribution in [0.3, 0.4) is 0 Å². The Morgan fingerprint density at radius 1 is 1.50 bits per heavy atom. The van der Waals surface area contributed by atoms with Gasteiger partial charge in [-0.05, 0) is 19.1 Å². The van der Waals surface area contributed by atoms with E-state index in [1.165, 1.54) is 0 Å². The summed E-state index contributed by atoms with van der Waals surface area (Å²) < 4.78 is 0. The first-order chi connectivity index (χ1) is 8.56. The zero-order chi connectivity index (χ0) is 13.1. The number of aromatic nitrogens is 1. The van der Waals surface area contributed by atoms with Gasteiger partial charge in [-0.15, -0.1) is 0 Å². The van der Waals surface area contributed by atoms with Crippen molar-refractivity contribution in [2.45, 2.75) is 13.3 Å². The molecule has 1 aliphatic rings. The average Bonchev–Trinajstić information content (AvgIpc) is 2.53. The molecule has 0 radical (unpaired) electrons. The Morgan fingerprint density at radius 3 is 3.00 bits per heavy atom. The van der Waals surface area contributed by atoms with E-state index >= 15 is 0 Å². The zero-order valence-electron chi connectivity index (χ0n) is 10.3. The van der Waals surface area contributed by atoms with Crippen molar-refractivity contribution in [3.8, 4) is 0 Å². The monoisotopic (exact) mass is 264 g/mol. The Hall–Kier alpha value is -1.69. The quantitative estimate of drug-likeness (QED) is 0.754. The highest BCUT2D eigenvalue weighted by atomic mass is 32.1. The summed E-state index contributed by atoms with van der Waals surface area (Å²) in [6, 6.07) is 3.75. The molecule has 1 saturated heterocycles. The molecular formula is C12H16N4OS. The van der Waals surface area contributed by atoms with E-state index < -0.39 is 0 Å². The van der Waals surface area contributed by atoms with Gasteiger partial charge in [0.15, 0.2) is 0 Å². The Bertz CT molecular complexity index is 489. The number of hydrogen-bond acceptors (Lipinski definition) is 4. The van der Waals surface area contributed by atoms with E-state index in [1.54, 1.807) is 0 Å². The lowest BCUT2D eigenvalue weighted by molar-refractivity contribution is -0.120. The second-order valence-corrected chi connectivity index (χ2v) is 4.75. The smallest absolute Gasteiger partial charge is 0.221 e. The molecule has 0 atom stereocenters. The number of anilines is 1. The van der Waals surface area contributed by atoms with Crippen LogP contribution >= 0.6 is 12.2 Å². The second-order valence-electron chi connectivity index (χ2n) is 4.31. The van der Waals surface area contributed by atoms with Crippen molar-refractivity contribution in [3.05, 3.63) is 23.4 Å². The second kappa shape index (κ2) is 5.30. The van der Waals surface area contributed by atoms with Gasteiger partial charge in [0.05, 0.1) is 0 Å². The van der Waals surface area contributed by atoms with Crippen LogP contribution < -0.4 is 16.0 Å². The van der Waals surface area contributed by atoms with Crippen molar-refractivity contribution >= 4 is 28.9 Å². The fourth-order valence-electron chi connectivity index (χ4n) is 1.95. The molecule has 1 fully saturated rings. The number of pyridine rings is 1. The first kappa shape index (κ1) is 12.8. The summed E-state index contributed by atoms with van der Waals surface area (Å²) in [4.78, 5) is 18.2. The number of aryl methyl sites for hydroxylation is 1. The van der Waals surface area contributed by atoms with Gasteiger partial charge in [0.1, 0.15) is 10.8 Å². The number of amides is 1. The van der Waals surface area contributed by atoms with Gasteiger partial charge in [0.2, 0.25) is 5.91 Å². The van der Waals surface area contributed by atoms with Crippen molar-refractivity contribution in [3.63, 3.8) is 0 Å². The van der Waals surface area contributed by atoms with Crippen molar-refractivity contribution in [2.75, 3.05) is 24.5 Å². The Kier molecular flexibility index (Phi) is 3.76. The van der Waals surface area contributed by atoms with Crippen LogP contribution in [-0.4, -0.2) is 35.5 Å². The summed E-state index contributed by atoms with van der Waals surface area (Å²) in [5.41, 5.74) is 7.34. The number of nitrogens with zero attached hydrogens (tertiary/aromatic N) is 2. The predicted molar refractivity (Wildman–Crippen MR) is 74.7 cm³/mol. The summed E-state index contributed by atoms with van der Waals surface area (Å²) in [6.45, 7) is 3.96. The molecule has 2 heterocycles. The molecule has 5 nitrogen and oxygen atoms in total. The van der Waals surface area contributed by atoms with Crippen molar-refractivity contribution < 1.29 is 4.79 Å². The summed E-state index contributed by atoms with van der Waals surface area (Å²) in [5.74, 6) is 0.911. The maximum atomic E-state index is 11.3. The molecule has 1 aromatic rings. The normalized spacial score (nSPS) is 16.1. The molecule has 0 saturated carbocycles. The molecule has 2 rings (SSSR count). The molecule has 0 aliphatic carbocycles. The maximum Gasteiger partial charge on any atom is 0.221 e. The fourth-order valence-corrected chi connectivity index (χ4v) is 2.07. The van der Waals surface area contributed by atoms with Crippen molar-refractivity contribution in [2.24, 2.45) is 5.73 Å². The van der Waals surface area contributed by atoms with Gasteiger partial charge in [0, 0.05) is 37.3 Å². The minimum atomic E-state index is 0.0831. The van der Waals surface area contributed by atoms with Gasteiger partial charge in [-0.25, -0.2) is 4.98 Å². The number of nitrogens with two attached hydrogens (primary N) is 1. The number of rotatable bonds is 2. The largest absolute Gasteiger partial charge is 0.389 e. The third kappa shape index (κ3) is 2.95. The predicted octanol–water partition coefficient (Wildman–Crippen LogP) is 0.351. The first-order valence-corrected chi connectivity index (χ1v) is 6.27. The molecule has 18 heavy (non-hydrogen) atoms. The molecule has 1 amide bonds. The lowest BCUT2D eigenvalue weighted by atomic mass is 10.2. The fraction of sp³-hybridized carbons (Fsp3) is 0.417. The summed E-state index contributed by atoms with van der Waals surface area (Å²) in [5, 5.41) is 2.84. The van der Waals surface area contributed by atoms with E-state index in [1.807, 2.05) is 19.1 Å². The first-order valence-electron chi connectivity index (χ1n) is 5.86. The van der Waals surface area contributed by atoms with Gasteiger partial charge in [-0.1, -0.05) is 12.2 Å². The lowest BCUT2D eigenvalue weighted by Crippen LogP contribution is -2.29. The lowest BCUT2D eigenvalue weighted by Gasteiger charge is -2.21. The van der Waals surface area contributed by atoms with E-state index in [9.17, 15) is 4.79 Å². The zero-order valence-corrected chi connectivity index (χ0v) is 11.1. The van der Waals surface area contributed by atoms with Crippen LogP contribution in [0.15, 0.2) is 12.1 Å². The minimum absolute atomic E-state index is 0.0831. The highest BCUT2D eigenvalue weighted by Crippen LogP contribution is 2.16. The third-order valence-corrected chi connectivity index (χ3v) is 3.10. The molecule has 1 aromatic heterocycles. The van der Waals surface area contributed by atoms with Crippen molar-refractivity contribution in [1.29, 1.82) is 0 Å². The molecule has 1 aliphatic heterocycles. The van der Waals surface area contributed by atoms with Gasteiger partial charge in [-0.2, -0.15) is 0 Å². The maximum absolute atomic E-state index is 11.3. The topological polar surface area (TPSA) is 71.2 Å². The molecule has 0 bridgehead atoms. The Labute approximate surface area is 111 Å². The van der Waals surface area contributed by atoms with E-state index in [4.69, 9.17) is 18.0 Å². The molecule has 0 aromatic carbocycles. The Balaban J connectivity index is 2.26. The molecule has 0 unspecified atom stereocenters. The SMILES string of the molecule is Cc1cc(C(N)=S)cc(N2CCNC(=O)CC2)n1. The number of carbonyl (C=O) groups excluding carboxylic acids is 1. The molecule has 0 spiro atoms. The molecule has 6 heteroatoms. The van der Waals surface area contributed by atoms with E-state index in [-0.39, 0.29) is 5.91 Å².